The standard InChI is InChI=1S/C38H30N2/c39-40-38(30-20-9-3-10-21-30,31-22-11-4-12-23-31)35-27-15-26-34-36(35)32-24-13-14-25-33(32)37(34,28-16-5-1-6-17-28)29-18-7-2-8-19-29/h1-27,40H,39H2. The van der Waals surface area contributed by atoms with Crippen molar-refractivity contribution in [2.24, 2.45) is 5.84 Å². The van der Waals surface area contributed by atoms with Crippen molar-refractivity contribution in [3.05, 3.63) is 203 Å². The summed E-state index contributed by atoms with van der Waals surface area (Å²) in [6.07, 6.45) is 0. The highest BCUT2D eigenvalue weighted by Gasteiger charge is 2.49. The van der Waals surface area contributed by atoms with E-state index in [0.29, 0.717) is 0 Å². The van der Waals surface area contributed by atoms with E-state index in [1.54, 1.807) is 0 Å². The van der Waals surface area contributed by atoms with Gasteiger partial charge in [-0.2, -0.15) is 0 Å². The maximum atomic E-state index is 6.66. The van der Waals surface area contributed by atoms with E-state index in [-0.39, 0.29) is 0 Å². The fraction of sp³-hybridized carbons (Fsp3) is 0.0526. The molecule has 0 aromatic heterocycles. The van der Waals surface area contributed by atoms with Crippen LogP contribution in [-0.2, 0) is 11.0 Å². The minimum atomic E-state index is -0.773. The van der Waals surface area contributed by atoms with Crippen LogP contribution in [0.3, 0.4) is 0 Å². The molecule has 0 fully saturated rings. The molecule has 2 heteroatoms. The molecule has 0 bridgehead atoms. The number of hydrazine groups is 1. The first kappa shape index (κ1) is 24.3. The predicted molar refractivity (Wildman–Crippen MR) is 164 cm³/mol. The number of nitrogens with one attached hydrogen (secondary N) is 1. The number of hydrogen-bond acceptors (Lipinski definition) is 2. The maximum absolute atomic E-state index is 6.66. The highest BCUT2D eigenvalue weighted by atomic mass is 15.3. The van der Waals surface area contributed by atoms with E-state index in [4.69, 9.17) is 5.84 Å². The second-order valence-corrected chi connectivity index (χ2v) is 10.4. The first-order valence-corrected chi connectivity index (χ1v) is 13.8. The van der Waals surface area contributed by atoms with E-state index in [1.165, 1.54) is 33.4 Å². The first-order chi connectivity index (χ1) is 19.8. The third-order valence-electron chi connectivity index (χ3n) is 8.52. The van der Waals surface area contributed by atoms with Crippen molar-refractivity contribution in [2.45, 2.75) is 11.0 Å². The minimum Gasteiger partial charge on any atom is -0.270 e. The van der Waals surface area contributed by atoms with Gasteiger partial charge in [0.1, 0.15) is 5.54 Å². The van der Waals surface area contributed by atoms with E-state index in [9.17, 15) is 0 Å². The molecular formula is C38H30N2. The Morgan fingerprint density at radius 1 is 0.450 bits per heavy atom. The average molecular weight is 515 g/mol. The molecule has 0 spiro atoms. The zero-order valence-corrected chi connectivity index (χ0v) is 22.2. The van der Waals surface area contributed by atoms with E-state index < -0.39 is 11.0 Å². The Morgan fingerprint density at radius 3 is 1.43 bits per heavy atom. The smallest absolute Gasteiger partial charge is 0.108 e. The van der Waals surface area contributed by atoms with Gasteiger partial charge in [0.25, 0.3) is 0 Å². The van der Waals surface area contributed by atoms with Crippen LogP contribution in [0.2, 0.25) is 0 Å². The van der Waals surface area contributed by atoms with Crippen molar-refractivity contribution in [1.82, 2.24) is 5.43 Å². The molecule has 0 radical (unpaired) electrons. The highest BCUT2D eigenvalue weighted by molar-refractivity contribution is 5.89. The van der Waals surface area contributed by atoms with E-state index in [2.05, 4.69) is 169 Å². The largest absolute Gasteiger partial charge is 0.270 e. The summed E-state index contributed by atoms with van der Waals surface area (Å²) in [6.45, 7) is 0. The van der Waals surface area contributed by atoms with Gasteiger partial charge in [-0.15, -0.1) is 0 Å². The molecule has 1 aliphatic rings. The van der Waals surface area contributed by atoms with Gasteiger partial charge in [0.15, 0.2) is 0 Å². The minimum absolute atomic E-state index is 0.474. The molecule has 6 aromatic carbocycles. The Bertz CT molecular complexity index is 1680. The van der Waals surface area contributed by atoms with Gasteiger partial charge in [-0.05, 0) is 50.1 Å². The number of fused-ring (bicyclic) bond motifs is 3. The molecule has 6 aromatic rings. The molecule has 192 valence electrons. The van der Waals surface area contributed by atoms with Crippen LogP contribution >= 0.6 is 0 Å². The van der Waals surface area contributed by atoms with Gasteiger partial charge in [0.05, 0.1) is 5.41 Å². The normalized spacial score (nSPS) is 13.4. The first-order valence-electron chi connectivity index (χ1n) is 13.8. The van der Waals surface area contributed by atoms with Crippen molar-refractivity contribution in [3.8, 4) is 11.1 Å². The van der Waals surface area contributed by atoms with Crippen molar-refractivity contribution in [1.29, 1.82) is 0 Å². The third-order valence-corrected chi connectivity index (χ3v) is 8.52. The third kappa shape index (κ3) is 3.37. The van der Waals surface area contributed by atoms with Crippen LogP contribution in [0.15, 0.2) is 164 Å². The molecule has 0 unspecified atom stereocenters. The van der Waals surface area contributed by atoms with Crippen LogP contribution < -0.4 is 11.3 Å². The lowest BCUT2D eigenvalue weighted by Crippen LogP contribution is -2.49. The number of hydrogen-bond donors (Lipinski definition) is 2. The van der Waals surface area contributed by atoms with Crippen LogP contribution in [0.1, 0.15) is 38.9 Å². The Morgan fingerprint density at radius 2 is 0.900 bits per heavy atom. The summed E-state index contributed by atoms with van der Waals surface area (Å²) in [4.78, 5) is 0. The summed E-state index contributed by atoms with van der Waals surface area (Å²) in [5.41, 5.74) is 12.9. The Hall–Kier alpha value is -4.76. The van der Waals surface area contributed by atoms with E-state index in [0.717, 1.165) is 16.7 Å². The SMILES string of the molecule is NNC(c1ccccc1)(c1ccccc1)c1cccc2c1-c1ccccc1C2(c1ccccc1)c1ccccc1. The Balaban J connectivity index is 1.65. The van der Waals surface area contributed by atoms with Gasteiger partial charge < -0.3 is 0 Å². The molecule has 0 atom stereocenters. The Kier molecular flexibility index (Phi) is 5.93. The highest BCUT2D eigenvalue weighted by Crippen LogP contribution is 2.58. The van der Waals surface area contributed by atoms with Crippen LogP contribution in [0.25, 0.3) is 11.1 Å². The maximum Gasteiger partial charge on any atom is 0.108 e. The van der Waals surface area contributed by atoms with Crippen LogP contribution in [0.4, 0.5) is 0 Å². The molecule has 3 N–H and O–H groups in total. The summed E-state index contributed by atoms with van der Waals surface area (Å²) in [5, 5.41) is 0. The molecule has 0 saturated heterocycles. The molecule has 0 aliphatic heterocycles. The fourth-order valence-corrected chi connectivity index (χ4v) is 6.90. The predicted octanol–water partition coefficient (Wildman–Crippen LogP) is 7.80. The Labute approximate surface area is 235 Å². The number of benzene rings is 6. The van der Waals surface area contributed by atoms with Gasteiger partial charge in [0, 0.05) is 0 Å². The molecule has 0 amide bonds. The van der Waals surface area contributed by atoms with Crippen molar-refractivity contribution < 1.29 is 0 Å². The monoisotopic (exact) mass is 514 g/mol. The summed E-state index contributed by atoms with van der Waals surface area (Å²) < 4.78 is 0. The summed E-state index contributed by atoms with van der Waals surface area (Å²) in [6, 6.07) is 58.5. The molecule has 0 saturated carbocycles. The van der Waals surface area contributed by atoms with Crippen LogP contribution in [0, 0.1) is 0 Å². The molecule has 0 heterocycles. The molecule has 40 heavy (non-hydrogen) atoms. The lowest BCUT2D eigenvalue weighted by atomic mass is 9.67. The van der Waals surface area contributed by atoms with Gasteiger partial charge in [-0.1, -0.05) is 164 Å². The van der Waals surface area contributed by atoms with Gasteiger partial charge in [0.2, 0.25) is 0 Å². The van der Waals surface area contributed by atoms with Crippen LogP contribution in [-0.4, -0.2) is 0 Å². The molecule has 7 rings (SSSR count). The fourth-order valence-electron chi connectivity index (χ4n) is 6.90. The second-order valence-electron chi connectivity index (χ2n) is 10.4. The second kappa shape index (κ2) is 9.77. The zero-order chi connectivity index (χ0) is 27.0. The van der Waals surface area contributed by atoms with Gasteiger partial charge in [-0.25, -0.2) is 5.43 Å². The topological polar surface area (TPSA) is 38.0 Å². The number of nitrogens with two attached hydrogens (primary N) is 1. The van der Waals surface area contributed by atoms with Crippen LogP contribution in [0.5, 0.6) is 0 Å². The van der Waals surface area contributed by atoms with Gasteiger partial charge in [-0.3, -0.25) is 5.84 Å². The zero-order valence-electron chi connectivity index (χ0n) is 22.2. The molecular weight excluding hydrogens is 484 g/mol. The van der Waals surface area contributed by atoms with Crippen molar-refractivity contribution in [2.75, 3.05) is 0 Å². The summed E-state index contributed by atoms with van der Waals surface area (Å²) in [7, 11) is 0. The number of rotatable bonds is 6. The van der Waals surface area contributed by atoms with Crippen molar-refractivity contribution in [3.63, 3.8) is 0 Å². The molecule has 2 nitrogen and oxygen atoms in total. The van der Waals surface area contributed by atoms with Gasteiger partial charge >= 0.3 is 0 Å². The lowest BCUT2D eigenvalue weighted by Gasteiger charge is -2.38. The summed E-state index contributed by atoms with van der Waals surface area (Å²) in [5.74, 6) is 6.66. The molecule has 1 aliphatic carbocycles. The van der Waals surface area contributed by atoms with Crippen molar-refractivity contribution >= 4 is 0 Å². The average Bonchev–Trinajstić information content (AvgIpc) is 3.35. The van der Waals surface area contributed by atoms with E-state index in [1.807, 2.05) is 0 Å². The van der Waals surface area contributed by atoms with E-state index >= 15 is 0 Å². The quantitative estimate of drug-likeness (QED) is 0.135. The summed E-state index contributed by atoms with van der Waals surface area (Å²) >= 11 is 0. The lowest BCUT2D eigenvalue weighted by molar-refractivity contribution is 0.489.